The van der Waals surface area contributed by atoms with Crippen LogP contribution in [0, 0.1) is 0 Å². The molecule has 112 valence electrons. The van der Waals surface area contributed by atoms with E-state index in [2.05, 4.69) is 29.2 Å². The molecule has 0 aliphatic heterocycles. The number of rotatable bonds is 5. The van der Waals surface area contributed by atoms with Crippen LogP contribution in [0.3, 0.4) is 0 Å². The molecule has 0 amide bonds. The topological polar surface area (TPSA) is 47.1 Å². The van der Waals surface area contributed by atoms with Crippen LogP contribution in [0.2, 0.25) is 0 Å². The zero-order valence-corrected chi connectivity index (χ0v) is 13.3. The number of benzene rings is 1. The molecule has 2 N–H and O–H groups in total. The quantitative estimate of drug-likeness (QED) is 0.863. The highest BCUT2D eigenvalue weighted by Crippen LogP contribution is 2.26. The van der Waals surface area contributed by atoms with Crippen molar-refractivity contribution in [1.82, 2.24) is 14.7 Å². The van der Waals surface area contributed by atoms with Crippen LogP contribution in [-0.4, -0.2) is 32.3 Å². The molecule has 0 bridgehead atoms. The minimum absolute atomic E-state index is 0.571. The molecular formula is C16H22N4S. The average Bonchev–Trinajstić information content (AvgIpc) is 3.08. The molecule has 0 atom stereocenters. The summed E-state index contributed by atoms with van der Waals surface area (Å²) < 4.78 is 1.96. The van der Waals surface area contributed by atoms with E-state index in [-0.39, 0.29) is 0 Å². The van der Waals surface area contributed by atoms with Gasteiger partial charge in [-0.3, -0.25) is 9.58 Å². The van der Waals surface area contributed by atoms with E-state index >= 15 is 0 Å². The van der Waals surface area contributed by atoms with Gasteiger partial charge in [0, 0.05) is 31.6 Å². The van der Waals surface area contributed by atoms with Crippen molar-refractivity contribution in [3.05, 3.63) is 30.0 Å². The van der Waals surface area contributed by atoms with Crippen molar-refractivity contribution < 1.29 is 0 Å². The minimum Gasteiger partial charge on any atom is -0.392 e. The van der Waals surface area contributed by atoms with Gasteiger partial charge < -0.3 is 5.73 Å². The SMILES string of the molecule is Cn1nc(CN(CC(N)=S)C2CCCC2)c2ccccc21. The molecule has 0 unspecified atom stereocenters. The van der Waals surface area contributed by atoms with Crippen LogP contribution >= 0.6 is 12.2 Å². The minimum atomic E-state index is 0.571. The second kappa shape index (κ2) is 6.12. The summed E-state index contributed by atoms with van der Waals surface area (Å²) in [7, 11) is 2.00. The third-order valence-corrected chi connectivity index (χ3v) is 4.52. The molecule has 1 heterocycles. The maximum Gasteiger partial charge on any atom is 0.0870 e. The number of hydrogen-bond acceptors (Lipinski definition) is 3. The smallest absolute Gasteiger partial charge is 0.0870 e. The first-order valence-electron chi connectivity index (χ1n) is 7.58. The molecule has 0 saturated heterocycles. The Morgan fingerprint density at radius 3 is 2.81 bits per heavy atom. The van der Waals surface area contributed by atoms with Gasteiger partial charge in [0.05, 0.1) is 16.2 Å². The molecule has 0 spiro atoms. The van der Waals surface area contributed by atoms with Crippen molar-refractivity contribution in [3.63, 3.8) is 0 Å². The molecule has 21 heavy (non-hydrogen) atoms. The summed E-state index contributed by atoms with van der Waals surface area (Å²) in [4.78, 5) is 2.98. The van der Waals surface area contributed by atoms with Crippen molar-refractivity contribution >= 4 is 28.1 Å². The lowest BCUT2D eigenvalue weighted by Crippen LogP contribution is -2.39. The zero-order chi connectivity index (χ0) is 14.8. The molecule has 5 heteroatoms. The van der Waals surface area contributed by atoms with Crippen molar-refractivity contribution in [1.29, 1.82) is 0 Å². The normalized spacial score (nSPS) is 16.1. The number of nitrogens with zero attached hydrogens (tertiary/aromatic N) is 3. The van der Waals surface area contributed by atoms with Crippen LogP contribution in [0.4, 0.5) is 0 Å². The maximum absolute atomic E-state index is 5.80. The van der Waals surface area contributed by atoms with E-state index in [1.54, 1.807) is 0 Å². The predicted octanol–water partition coefficient (Wildman–Crippen LogP) is 2.60. The number of para-hydroxylation sites is 1. The summed E-state index contributed by atoms with van der Waals surface area (Å²) in [6.45, 7) is 1.51. The third-order valence-electron chi connectivity index (χ3n) is 4.39. The van der Waals surface area contributed by atoms with Crippen molar-refractivity contribution in [3.8, 4) is 0 Å². The van der Waals surface area contributed by atoms with Gasteiger partial charge in [0.2, 0.25) is 0 Å². The molecule has 1 aliphatic rings. The fourth-order valence-electron chi connectivity index (χ4n) is 3.38. The number of thiocarbonyl (C=S) groups is 1. The van der Waals surface area contributed by atoms with Crippen molar-refractivity contribution in [2.75, 3.05) is 6.54 Å². The van der Waals surface area contributed by atoms with E-state index in [1.807, 2.05) is 11.7 Å². The van der Waals surface area contributed by atoms with Gasteiger partial charge in [0.1, 0.15) is 0 Å². The van der Waals surface area contributed by atoms with Crippen LogP contribution in [0.15, 0.2) is 24.3 Å². The molecule has 1 aromatic carbocycles. The summed E-state index contributed by atoms with van der Waals surface area (Å²) in [6.07, 6.45) is 5.10. The van der Waals surface area contributed by atoms with E-state index in [9.17, 15) is 0 Å². The van der Waals surface area contributed by atoms with Gasteiger partial charge in [-0.1, -0.05) is 43.3 Å². The Morgan fingerprint density at radius 2 is 2.10 bits per heavy atom. The Labute approximate surface area is 130 Å². The Morgan fingerprint density at radius 1 is 1.38 bits per heavy atom. The van der Waals surface area contributed by atoms with Gasteiger partial charge in [-0.25, -0.2) is 0 Å². The Bertz CT molecular complexity index is 643. The maximum atomic E-state index is 5.80. The fraction of sp³-hybridized carbons (Fsp3) is 0.500. The Hall–Kier alpha value is -1.46. The molecule has 1 aliphatic carbocycles. The second-order valence-electron chi connectivity index (χ2n) is 5.90. The van der Waals surface area contributed by atoms with Crippen LogP contribution in [0.25, 0.3) is 10.9 Å². The summed E-state index contributed by atoms with van der Waals surface area (Å²) in [5, 5.41) is 5.93. The van der Waals surface area contributed by atoms with Crippen LogP contribution in [0.1, 0.15) is 31.4 Å². The first kappa shape index (κ1) is 14.5. The van der Waals surface area contributed by atoms with Crippen LogP contribution in [0.5, 0.6) is 0 Å². The molecule has 0 radical (unpaired) electrons. The van der Waals surface area contributed by atoms with Gasteiger partial charge in [-0.2, -0.15) is 5.10 Å². The summed E-state index contributed by atoms with van der Waals surface area (Å²) in [5.74, 6) is 0. The highest BCUT2D eigenvalue weighted by molar-refractivity contribution is 7.80. The molecule has 2 aromatic rings. The summed E-state index contributed by atoms with van der Waals surface area (Å²) >= 11 is 5.14. The largest absolute Gasteiger partial charge is 0.392 e. The highest BCUT2D eigenvalue weighted by Gasteiger charge is 2.24. The molecule has 3 rings (SSSR count). The van der Waals surface area contributed by atoms with E-state index in [4.69, 9.17) is 23.1 Å². The lowest BCUT2D eigenvalue weighted by atomic mass is 10.1. The standard InChI is InChI=1S/C16H22N4S/c1-19-15-9-5-4-8-13(15)14(18-19)10-20(11-16(17)21)12-6-2-3-7-12/h4-5,8-9,12H,2-3,6-7,10-11H2,1H3,(H2,17,21). The fourth-order valence-corrected chi connectivity index (χ4v) is 3.55. The molecule has 1 aromatic heterocycles. The van der Waals surface area contributed by atoms with Crippen LogP contribution in [-0.2, 0) is 13.6 Å². The first-order valence-corrected chi connectivity index (χ1v) is 7.99. The Balaban J connectivity index is 1.88. The third kappa shape index (κ3) is 3.09. The van der Waals surface area contributed by atoms with Gasteiger partial charge in [0.25, 0.3) is 0 Å². The van der Waals surface area contributed by atoms with E-state index in [1.165, 1.54) is 36.6 Å². The number of fused-ring (bicyclic) bond motifs is 1. The highest BCUT2D eigenvalue weighted by atomic mass is 32.1. The molecule has 1 fully saturated rings. The predicted molar refractivity (Wildman–Crippen MR) is 90.2 cm³/mol. The second-order valence-corrected chi connectivity index (χ2v) is 6.42. The lowest BCUT2D eigenvalue weighted by molar-refractivity contribution is 0.216. The van der Waals surface area contributed by atoms with E-state index in [0.717, 1.165) is 12.2 Å². The summed E-state index contributed by atoms with van der Waals surface area (Å²) in [5.41, 5.74) is 8.09. The molecular weight excluding hydrogens is 280 g/mol. The molecule has 1 saturated carbocycles. The van der Waals surface area contributed by atoms with Gasteiger partial charge >= 0.3 is 0 Å². The number of aryl methyl sites for hydroxylation is 1. The molecule has 4 nitrogen and oxygen atoms in total. The monoisotopic (exact) mass is 302 g/mol. The number of aromatic nitrogens is 2. The van der Waals surface area contributed by atoms with Crippen molar-refractivity contribution in [2.45, 2.75) is 38.3 Å². The zero-order valence-electron chi connectivity index (χ0n) is 12.5. The average molecular weight is 302 g/mol. The van der Waals surface area contributed by atoms with Crippen molar-refractivity contribution in [2.24, 2.45) is 12.8 Å². The van der Waals surface area contributed by atoms with E-state index < -0.39 is 0 Å². The number of hydrogen-bond donors (Lipinski definition) is 1. The van der Waals surface area contributed by atoms with Gasteiger partial charge in [0.15, 0.2) is 0 Å². The van der Waals surface area contributed by atoms with Gasteiger partial charge in [-0.05, 0) is 18.9 Å². The lowest BCUT2D eigenvalue weighted by Gasteiger charge is -2.27. The number of nitrogens with two attached hydrogens (primary N) is 1. The summed E-state index contributed by atoms with van der Waals surface area (Å²) in [6, 6.07) is 8.97. The van der Waals surface area contributed by atoms with E-state index in [0.29, 0.717) is 17.6 Å². The van der Waals surface area contributed by atoms with Gasteiger partial charge in [-0.15, -0.1) is 0 Å². The Kier molecular flexibility index (Phi) is 4.22. The first-order chi connectivity index (χ1) is 10.1. The van der Waals surface area contributed by atoms with Crippen LogP contribution < -0.4 is 5.73 Å².